The molecule has 0 bridgehead atoms. The fraction of sp³-hybridized carbons (Fsp3) is 0.214. The lowest BCUT2D eigenvalue weighted by Gasteiger charge is -2.17. The molecule has 6 aromatic rings. The number of H-pyrrole nitrogens is 2. The first-order valence-corrected chi connectivity index (χ1v) is 12.4. The Morgan fingerprint density at radius 2 is 2.00 bits per heavy atom. The van der Waals surface area contributed by atoms with E-state index < -0.39 is 5.82 Å². The zero-order valence-corrected chi connectivity index (χ0v) is 21.9. The summed E-state index contributed by atoms with van der Waals surface area (Å²) in [7, 11) is 0. The zero-order chi connectivity index (χ0) is 27.3. The van der Waals surface area contributed by atoms with Gasteiger partial charge in [-0.05, 0) is 30.5 Å². The van der Waals surface area contributed by atoms with Gasteiger partial charge in [0.05, 0.1) is 35.1 Å². The van der Waals surface area contributed by atoms with Crippen molar-refractivity contribution in [1.29, 1.82) is 0 Å². The molecule has 1 amide bonds. The van der Waals surface area contributed by atoms with Gasteiger partial charge < -0.3 is 14.9 Å². The molecule has 0 saturated heterocycles. The number of aryl methyl sites for hydroxylation is 1. The van der Waals surface area contributed by atoms with Crippen LogP contribution in [0.3, 0.4) is 0 Å². The van der Waals surface area contributed by atoms with E-state index in [0.717, 1.165) is 16.9 Å². The highest BCUT2D eigenvalue weighted by Gasteiger charge is 2.19. The topological polar surface area (TPSA) is 130 Å². The lowest BCUT2D eigenvalue weighted by Crippen LogP contribution is -2.19. The monoisotopic (exact) mass is 523 g/mol. The number of benzene rings is 1. The smallest absolute Gasteiger partial charge is 0.224 e. The van der Waals surface area contributed by atoms with E-state index in [1.54, 1.807) is 37.1 Å². The number of halogens is 1. The van der Waals surface area contributed by atoms with Gasteiger partial charge in [0.15, 0.2) is 11.5 Å². The number of aromatic nitrogens is 8. The number of amides is 1. The van der Waals surface area contributed by atoms with Gasteiger partial charge in [-0.2, -0.15) is 5.10 Å². The average molecular weight is 524 g/mol. The van der Waals surface area contributed by atoms with Crippen molar-refractivity contribution in [2.75, 3.05) is 5.32 Å². The molecule has 6 rings (SSSR count). The van der Waals surface area contributed by atoms with Gasteiger partial charge in [-0.3, -0.25) is 14.9 Å². The Morgan fingerprint density at radius 3 is 2.77 bits per heavy atom. The van der Waals surface area contributed by atoms with Crippen molar-refractivity contribution in [3.05, 3.63) is 66.9 Å². The van der Waals surface area contributed by atoms with Crippen LogP contribution in [0.5, 0.6) is 0 Å². The van der Waals surface area contributed by atoms with Gasteiger partial charge in [-0.25, -0.2) is 19.3 Å². The number of pyridine rings is 2. The second kappa shape index (κ2) is 9.12. The molecular formula is C28H26FN9O. The van der Waals surface area contributed by atoms with Crippen molar-refractivity contribution in [1.82, 2.24) is 39.7 Å². The third-order valence-corrected chi connectivity index (χ3v) is 6.26. The summed E-state index contributed by atoms with van der Waals surface area (Å²) < 4.78 is 17.1. The van der Waals surface area contributed by atoms with Crippen molar-refractivity contribution < 1.29 is 9.18 Å². The Morgan fingerprint density at radius 1 is 1.15 bits per heavy atom. The lowest BCUT2D eigenvalue weighted by atomic mass is 9.92. The molecular weight excluding hydrogens is 497 g/mol. The molecule has 0 atom stereocenters. The van der Waals surface area contributed by atoms with Crippen LogP contribution in [0.1, 0.15) is 32.9 Å². The molecule has 0 spiro atoms. The fourth-order valence-corrected chi connectivity index (χ4v) is 4.56. The molecule has 5 aromatic heterocycles. The lowest BCUT2D eigenvalue weighted by molar-refractivity contribution is -0.117. The maximum atomic E-state index is 15.2. The molecule has 10 nitrogen and oxygen atoms in total. The normalized spacial score (nSPS) is 11.9. The molecule has 0 aliphatic rings. The minimum Gasteiger partial charge on any atom is -0.333 e. The second-order valence-corrected chi connectivity index (χ2v) is 10.7. The number of nitrogens with zero attached hydrogens (tertiary/aromatic N) is 6. The molecule has 0 saturated carbocycles. The summed E-state index contributed by atoms with van der Waals surface area (Å²) >= 11 is 0. The van der Waals surface area contributed by atoms with Gasteiger partial charge in [0.2, 0.25) is 5.91 Å². The first kappa shape index (κ1) is 24.4. The number of hydrogen-bond acceptors (Lipinski definition) is 6. The van der Waals surface area contributed by atoms with Crippen molar-refractivity contribution in [2.45, 2.75) is 34.1 Å². The highest BCUT2D eigenvalue weighted by Crippen LogP contribution is 2.33. The van der Waals surface area contributed by atoms with Crippen LogP contribution in [0.4, 0.5) is 10.1 Å². The predicted octanol–water partition coefficient (Wildman–Crippen LogP) is 5.57. The van der Waals surface area contributed by atoms with Crippen molar-refractivity contribution in [3.63, 3.8) is 0 Å². The van der Waals surface area contributed by atoms with Crippen LogP contribution in [0.25, 0.3) is 50.4 Å². The summed E-state index contributed by atoms with van der Waals surface area (Å²) in [6.07, 6.45) is 8.80. The minimum absolute atomic E-state index is 0.127. The van der Waals surface area contributed by atoms with E-state index in [2.05, 4.69) is 40.4 Å². The predicted molar refractivity (Wildman–Crippen MR) is 147 cm³/mol. The van der Waals surface area contributed by atoms with Crippen LogP contribution in [0.2, 0.25) is 0 Å². The highest BCUT2D eigenvalue weighted by molar-refractivity contribution is 5.97. The van der Waals surface area contributed by atoms with E-state index in [4.69, 9.17) is 0 Å². The molecule has 0 aliphatic heterocycles. The summed E-state index contributed by atoms with van der Waals surface area (Å²) in [5.74, 6) is -0.0770. The van der Waals surface area contributed by atoms with Crippen molar-refractivity contribution in [3.8, 4) is 28.3 Å². The van der Waals surface area contributed by atoms with Crippen molar-refractivity contribution in [2.24, 2.45) is 5.41 Å². The van der Waals surface area contributed by atoms with Gasteiger partial charge in [-0.15, -0.1) is 0 Å². The number of imidazole rings is 2. The molecule has 0 aliphatic carbocycles. The van der Waals surface area contributed by atoms with E-state index in [-0.39, 0.29) is 11.3 Å². The highest BCUT2D eigenvalue weighted by atomic mass is 19.1. The molecule has 0 fully saturated rings. The Labute approximate surface area is 222 Å². The summed E-state index contributed by atoms with van der Waals surface area (Å²) in [6, 6.07) is 6.69. The van der Waals surface area contributed by atoms with Gasteiger partial charge >= 0.3 is 0 Å². The summed E-state index contributed by atoms with van der Waals surface area (Å²) in [5.41, 5.74) is 5.23. The number of carbonyl (C=O) groups is 1. The molecule has 39 heavy (non-hydrogen) atoms. The van der Waals surface area contributed by atoms with Crippen molar-refractivity contribution >= 4 is 33.7 Å². The first-order chi connectivity index (χ1) is 18.6. The Hall–Kier alpha value is -4.93. The molecule has 196 valence electrons. The fourth-order valence-electron chi connectivity index (χ4n) is 4.56. The van der Waals surface area contributed by atoms with E-state index in [1.165, 1.54) is 6.07 Å². The maximum absolute atomic E-state index is 15.2. The molecule has 11 heteroatoms. The standard InChI is InChI=1S/C28H26FN9O/c1-15-13-38(14-32-15)22-5-6-31-26-25(22)34-27(35-26)24-19-8-18(20(29)9-21(19)36-37-24)16-7-17(12-30-11-16)33-23(39)10-28(2,3)4/h5-9,11-14H,10H2,1-4H3,(H,33,39)(H,36,37)(H,31,34,35). The summed E-state index contributed by atoms with van der Waals surface area (Å²) in [6.45, 7) is 7.90. The minimum atomic E-state index is -0.443. The van der Waals surface area contributed by atoms with Crippen LogP contribution in [-0.4, -0.2) is 45.6 Å². The second-order valence-electron chi connectivity index (χ2n) is 10.7. The Bertz CT molecular complexity index is 1860. The van der Waals surface area contributed by atoms with Gasteiger partial charge in [-0.1, -0.05) is 20.8 Å². The Kier molecular flexibility index (Phi) is 5.71. The van der Waals surface area contributed by atoms with Gasteiger partial charge in [0, 0.05) is 47.6 Å². The third kappa shape index (κ3) is 4.74. The first-order valence-electron chi connectivity index (χ1n) is 12.4. The largest absolute Gasteiger partial charge is 0.333 e. The number of aromatic amines is 2. The van der Waals surface area contributed by atoms with Crippen LogP contribution in [0.15, 0.2) is 55.4 Å². The zero-order valence-electron chi connectivity index (χ0n) is 21.9. The molecule has 0 radical (unpaired) electrons. The number of carbonyl (C=O) groups excluding carboxylic acids is 1. The molecule has 5 heterocycles. The number of anilines is 1. The third-order valence-electron chi connectivity index (χ3n) is 6.26. The molecule has 0 unspecified atom stereocenters. The Balaban J connectivity index is 1.39. The quantitative estimate of drug-likeness (QED) is 0.271. The SMILES string of the molecule is Cc1cn(-c2ccnc3nc(-c4n[nH]c5cc(F)c(-c6cncc(NC(=O)CC(C)(C)C)c6)cc45)[nH]c23)cn1. The van der Waals surface area contributed by atoms with E-state index in [9.17, 15) is 4.79 Å². The average Bonchev–Trinajstić information content (AvgIpc) is 3.59. The van der Waals surface area contributed by atoms with Gasteiger partial charge in [0.1, 0.15) is 17.0 Å². The van der Waals surface area contributed by atoms with Gasteiger partial charge in [0.25, 0.3) is 0 Å². The molecule has 3 N–H and O–H groups in total. The summed E-state index contributed by atoms with van der Waals surface area (Å²) in [5, 5.41) is 10.9. The van der Waals surface area contributed by atoms with Crippen LogP contribution in [-0.2, 0) is 4.79 Å². The van der Waals surface area contributed by atoms with E-state index >= 15 is 4.39 Å². The van der Waals surface area contributed by atoms with Crippen LogP contribution in [0, 0.1) is 18.2 Å². The van der Waals surface area contributed by atoms with Crippen LogP contribution < -0.4 is 5.32 Å². The number of hydrogen-bond donors (Lipinski definition) is 3. The van der Waals surface area contributed by atoms with E-state index in [1.807, 2.05) is 44.5 Å². The maximum Gasteiger partial charge on any atom is 0.224 e. The number of rotatable bonds is 5. The molecule has 1 aromatic carbocycles. The van der Waals surface area contributed by atoms with E-state index in [0.29, 0.717) is 51.3 Å². The number of nitrogens with one attached hydrogen (secondary N) is 3. The van der Waals surface area contributed by atoms with Crippen LogP contribution >= 0.6 is 0 Å². The summed E-state index contributed by atoms with van der Waals surface area (Å²) in [4.78, 5) is 33.4. The number of fused-ring (bicyclic) bond motifs is 2.